The smallest absolute Gasteiger partial charge is 0.327 e. The molecule has 1 rings (SSSR count). The molecule has 0 bridgehead atoms. The van der Waals surface area contributed by atoms with E-state index in [1.54, 1.807) is 0 Å². The van der Waals surface area contributed by atoms with Gasteiger partial charge in [-0.1, -0.05) is 0 Å². The summed E-state index contributed by atoms with van der Waals surface area (Å²) in [5.41, 5.74) is 10.5. The average Bonchev–Trinajstić information content (AvgIpc) is 3.26. The molecule has 0 aliphatic carbocycles. The van der Waals surface area contributed by atoms with Crippen molar-refractivity contribution in [1.82, 2.24) is 21.3 Å². The molecule has 14 heteroatoms. The summed E-state index contributed by atoms with van der Waals surface area (Å²) in [4.78, 5) is 52.3. The fourth-order valence-electron chi connectivity index (χ4n) is 2.88. The number of aliphatic carboxylic acids is 1. The highest BCUT2D eigenvalue weighted by Gasteiger charge is 2.30. The van der Waals surface area contributed by atoms with E-state index >= 15 is 0 Å². The first-order chi connectivity index (χ1) is 14.7. The van der Waals surface area contributed by atoms with Gasteiger partial charge in [-0.25, -0.2) is 4.79 Å². The van der Waals surface area contributed by atoms with Gasteiger partial charge in [0.25, 0.3) is 0 Å². The van der Waals surface area contributed by atoms with Gasteiger partial charge in [-0.15, -0.1) is 0 Å². The number of rotatable bonds is 13. The van der Waals surface area contributed by atoms with Gasteiger partial charge in [0.2, 0.25) is 17.7 Å². The molecule has 31 heavy (non-hydrogen) atoms. The summed E-state index contributed by atoms with van der Waals surface area (Å²) in [6.07, 6.45) is 1.82. The van der Waals surface area contributed by atoms with Gasteiger partial charge in [-0.3, -0.25) is 19.4 Å². The van der Waals surface area contributed by atoms with Gasteiger partial charge in [-0.2, -0.15) is 12.6 Å². The molecule has 4 unspecified atom stereocenters. The first-order valence-electron chi connectivity index (χ1n) is 9.84. The Morgan fingerprint density at radius 2 is 1.74 bits per heavy atom. The van der Waals surface area contributed by atoms with Crippen molar-refractivity contribution in [2.45, 2.75) is 49.9 Å². The van der Waals surface area contributed by atoms with E-state index in [-0.39, 0.29) is 24.7 Å². The number of nitrogens with zero attached hydrogens (tertiary/aromatic N) is 1. The first kappa shape index (κ1) is 26.5. The van der Waals surface area contributed by atoms with Crippen molar-refractivity contribution in [2.75, 3.05) is 25.4 Å². The van der Waals surface area contributed by atoms with Gasteiger partial charge in [0.1, 0.15) is 18.1 Å². The second-order valence-electron chi connectivity index (χ2n) is 6.98. The average molecular weight is 462 g/mol. The topological polar surface area (TPSA) is 221 Å². The Morgan fingerprint density at radius 3 is 2.26 bits per heavy atom. The summed E-state index contributed by atoms with van der Waals surface area (Å²) in [7, 11) is 0. The van der Waals surface area contributed by atoms with Crippen LogP contribution in [0.15, 0.2) is 4.99 Å². The van der Waals surface area contributed by atoms with Gasteiger partial charge < -0.3 is 42.9 Å². The van der Waals surface area contributed by atoms with E-state index in [4.69, 9.17) is 16.6 Å². The number of nitrogens with one attached hydrogen (secondary N) is 4. The third-order valence-corrected chi connectivity index (χ3v) is 4.93. The summed E-state index contributed by atoms with van der Waals surface area (Å²) >= 11 is 3.89. The van der Waals surface area contributed by atoms with E-state index in [9.17, 15) is 24.3 Å². The number of carboxylic acids is 1. The maximum absolute atomic E-state index is 12.6. The molecule has 0 aromatic heterocycles. The van der Waals surface area contributed by atoms with Gasteiger partial charge in [0.15, 0.2) is 5.96 Å². The number of guanidine groups is 1. The maximum atomic E-state index is 12.6. The maximum Gasteiger partial charge on any atom is 0.327 e. The van der Waals surface area contributed by atoms with Crippen molar-refractivity contribution in [2.24, 2.45) is 16.5 Å². The summed E-state index contributed by atoms with van der Waals surface area (Å²) in [6, 6.07) is -4.12. The molecule has 4 atom stereocenters. The van der Waals surface area contributed by atoms with E-state index < -0.39 is 54.5 Å². The van der Waals surface area contributed by atoms with Crippen LogP contribution in [0.25, 0.3) is 0 Å². The molecule has 1 aliphatic rings. The second-order valence-corrected chi connectivity index (χ2v) is 7.35. The minimum absolute atomic E-state index is 0.0868. The van der Waals surface area contributed by atoms with Crippen LogP contribution in [0.1, 0.15) is 25.7 Å². The van der Waals surface area contributed by atoms with Crippen molar-refractivity contribution in [3.8, 4) is 0 Å². The first-order valence-corrected chi connectivity index (χ1v) is 10.5. The van der Waals surface area contributed by atoms with Crippen molar-refractivity contribution < 1.29 is 29.4 Å². The number of hydrogen-bond donors (Lipinski definition) is 9. The third-order valence-electron chi connectivity index (χ3n) is 4.57. The molecule has 0 aromatic rings. The molecule has 0 saturated carbocycles. The van der Waals surface area contributed by atoms with Crippen LogP contribution in [0, 0.1) is 0 Å². The summed E-state index contributed by atoms with van der Waals surface area (Å²) in [5, 5.41) is 28.8. The normalized spacial score (nSPS) is 18.3. The minimum atomic E-state index is -1.28. The molecule has 13 nitrogen and oxygen atoms in total. The number of carboxylic acid groups (broad SMARTS) is 1. The van der Waals surface area contributed by atoms with Crippen LogP contribution in [0.2, 0.25) is 0 Å². The predicted molar refractivity (Wildman–Crippen MR) is 115 cm³/mol. The summed E-state index contributed by atoms with van der Waals surface area (Å²) in [6.45, 7) is 0.188. The number of nitrogens with two attached hydrogens (primary N) is 2. The molecular formula is C17H31N7O6S. The Labute approximate surface area is 185 Å². The molecule has 1 saturated heterocycles. The molecule has 10 N–H and O–H groups in total. The van der Waals surface area contributed by atoms with Crippen LogP contribution in [0.3, 0.4) is 0 Å². The lowest BCUT2D eigenvalue weighted by molar-refractivity contribution is -0.141. The number of aliphatic hydroxyl groups is 1. The van der Waals surface area contributed by atoms with Crippen LogP contribution in [-0.2, 0) is 19.2 Å². The van der Waals surface area contributed by atoms with E-state index in [0.717, 1.165) is 6.42 Å². The minimum Gasteiger partial charge on any atom is -0.480 e. The molecular weight excluding hydrogens is 430 g/mol. The molecule has 0 radical (unpaired) electrons. The van der Waals surface area contributed by atoms with Crippen molar-refractivity contribution in [1.29, 1.82) is 0 Å². The zero-order valence-corrected chi connectivity index (χ0v) is 17.9. The Bertz CT molecular complexity index is 667. The van der Waals surface area contributed by atoms with Crippen molar-refractivity contribution >= 4 is 42.3 Å². The fourth-order valence-corrected chi connectivity index (χ4v) is 3.12. The van der Waals surface area contributed by atoms with Gasteiger partial charge in [0.05, 0.1) is 12.6 Å². The Hall–Kier alpha value is -2.58. The number of amides is 3. The lowest BCUT2D eigenvalue weighted by atomic mass is 10.1. The Morgan fingerprint density at radius 1 is 1.10 bits per heavy atom. The molecule has 1 heterocycles. The SMILES string of the molecule is NC(N)=NCCCC(NC(=O)C(CO)NC(=O)C1CCCN1)C(=O)NC(CS)C(=O)O. The lowest BCUT2D eigenvalue weighted by Crippen LogP contribution is -2.58. The molecule has 1 aliphatic heterocycles. The van der Waals surface area contributed by atoms with Crippen LogP contribution in [-0.4, -0.2) is 89.5 Å². The number of carbonyl (C=O) groups is 4. The van der Waals surface area contributed by atoms with Crippen molar-refractivity contribution in [3.63, 3.8) is 0 Å². The fraction of sp³-hybridized carbons (Fsp3) is 0.706. The third kappa shape index (κ3) is 9.40. The largest absolute Gasteiger partial charge is 0.480 e. The highest BCUT2D eigenvalue weighted by atomic mass is 32.1. The number of aliphatic imine (C=N–C) groups is 1. The number of aliphatic hydroxyl groups excluding tert-OH is 1. The monoisotopic (exact) mass is 461 g/mol. The number of hydrogen-bond acceptors (Lipinski definition) is 8. The van der Waals surface area contributed by atoms with Crippen LogP contribution >= 0.6 is 12.6 Å². The summed E-state index contributed by atoms with van der Waals surface area (Å²) in [5.74, 6) is -3.53. The van der Waals surface area contributed by atoms with E-state index in [1.807, 2.05) is 0 Å². The number of thiol groups is 1. The van der Waals surface area contributed by atoms with E-state index in [2.05, 4.69) is 38.9 Å². The van der Waals surface area contributed by atoms with Gasteiger partial charge in [0, 0.05) is 12.3 Å². The zero-order chi connectivity index (χ0) is 23.4. The summed E-state index contributed by atoms with van der Waals surface area (Å²) < 4.78 is 0. The van der Waals surface area contributed by atoms with Crippen molar-refractivity contribution in [3.05, 3.63) is 0 Å². The quantitative estimate of drug-likeness (QED) is 0.0568. The van der Waals surface area contributed by atoms with E-state index in [1.165, 1.54) is 0 Å². The van der Waals surface area contributed by atoms with Gasteiger partial charge in [-0.05, 0) is 32.2 Å². The molecule has 3 amide bonds. The van der Waals surface area contributed by atoms with Crippen LogP contribution < -0.4 is 32.7 Å². The molecule has 176 valence electrons. The Balaban J connectivity index is 2.80. The number of carbonyl (C=O) groups excluding carboxylic acids is 3. The standard InChI is InChI=1S/C17H31N7O6S/c18-17(19)21-6-2-4-10(14(27)24-12(8-31)16(29)30)22-15(28)11(7-25)23-13(26)9-3-1-5-20-9/h9-12,20,25,31H,1-8H2,(H,22,28)(H,23,26)(H,24,27)(H,29,30)(H4,18,19,21). The highest BCUT2D eigenvalue weighted by Crippen LogP contribution is 2.06. The molecule has 0 spiro atoms. The van der Waals surface area contributed by atoms with Crippen LogP contribution in [0.5, 0.6) is 0 Å². The highest BCUT2D eigenvalue weighted by molar-refractivity contribution is 7.80. The lowest BCUT2D eigenvalue weighted by Gasteiger charge is -2.24. The Kier molecular flexibility index (Phi) is 11.7. The van der Waals surface area contributed by atoms with Crippen LogP contribution in [0.4, 0.5) is 0 Å². The zero-order valence-electron chi connectivity index (χ0n) is 17.0. The second kappa shape index (κ2) is 13.7. The molecule has 1 fully saturated rings. The van der Waals surface area contributed by atoms with E-state index in [0.29, 0.717) is 19.4 Å². The molecule has 0 aromatic carbocycles. The van der Waals surface area contributed by atoms with Gasteiger partial charge >= 0.3 is 5.97 Å². The predicted octanol–water partition coefficient (Wildman–Crippen LogP) is -3.75.